The summed E-state index contributed by atoms with van der Waals surface area (Å²) in [6.07, 6.45) is -9.50. The predicted octanol–water partition coefficient (Wildman–Crippen LogP) is 5.74. The van der Waals surface area contributed by atoms with E-state index in [1.807, 2.05) is 0 Å². The van der Waals surface area contributed by atoms with Crippen molar-refractivity contribution in [2.24, 2.45) is 34.0 Å². The first kappa shape index (κ1) is 64.3. The van der Waals surface area contributed by atoms with Gasteiger partial charge in [0.15, 0.2) is 11.7 Å². The van der Waals surface area contributed by atoms with Crippen LogP contribution in [0.1, 0.15) is 130 Å². The number of hydrogen-bond donors (Lipinski definition) is 2. The zero-order valence-electron chi connectivity index (χ0n) is 49.6. The molecule has 458 valence electrons. The number of rotatable bonds is 22. The van der Waals surface area contributed by atoms with Crippen LogP contribution < -0.4 is 5.32 Å². The minimum Gasteiger partial charge on any atom is -0.464 e. The second-order valence-electron chi connectivity index (χ2n) is 24.2. The van der Waals surface area contributed by atoms with Crippen molar-refractivity contribution < 1.29 is 105 Å². The van der Waals surface area contributed by atoms with Crippen molar-refractivity contribution in [3.05, 3.63) is 82.9 Å². The third kappa shape index (κ3) is 13.2. The number of carbonyl (C=O) groups is 10. The Bertz CT molecular complexity index is 2900. The highest BCUT2D eigenvalue weighted by molar-refractivity contribution is 5.95. The molecular weight excluding hydrogens is 1100 g/mol. The smallest absolute Gasteiger partial charge is 0.408 e. The Balaban J connectivity index is 1.23. The van der Waals surface area contributed by atoms with Crippen molar-refractivity contribution in [3.8, 4) is 0 Å². The molecule has 1 spiro atoms. The molecule has 1 saturated heterocycles. The van der Waals surface area contributed by atoms with Gasteiger partial charge in [0.1, 0.15) is 66.6 Å². The van der Waals surface area contributed by atoms with Crippen LogP contribution in [0, 0.1) is 34.0 Å². The molecule has 1 aliphatic heterocycles. The molecule has 2 unspecified atom stereocenters. The third-order valence-electron chi connectivity index (χ3n) is 16.8. The molecule has 5 aliphatic rings. The van der Waals surface area contributed by atoms with Gasteiger partial charge in [0.05, 0.1) is 37.5 Å². The van der Waals surface area contributed by atoms with E-state index in [4.69, 9.17) is 52.1 Å². The van der Waals surface area contributed by atoms with Gasteiger partial charge in [-0.3, -0.25) is 28.8 Å². The molecule has 4 fully saturated rings. The number of aliphatic hydroxyl groups is 1. The van der Waals surface area contributed by atoms with Crippen LogP contribution >= 0.6 is 0 Å². The quantitative estimate of drug-likeness (QED) is 0.0614. The Morgan fingerprint density at radius 3 is 2.02 bits per heavy atom. The number of hydrogen-bond acceptors (Lipinski definition) is 22. The first-order valence-corrected chi connectivity index (χ1v) is 28.0. The van der Waals surface area contributed by atoms with E-state index in [0.717, 1.165) is 6.92 Å². The number of esters is 8. The summed E-state index contributed by atoms with van der Waals surface area (Å²) in [5, 5.41) is 16.6. The van der Waals surface area contributed by atoms with Crippen LogP contribution in [-0.2, 0) is 90.5 Å². The first-order valence-electron chi connectivity index (χ1n) is 28.0. The Morgan fingerprint density at radius 1 is 0.798 bits per heavy atom. The molecule has 0 aromatic heterocycles. The van der Waals surface area contributed by atoms with Gasteiger partial charge in [-0.05, 0) is 89.1 Å². The lowest BCUT2D eigenvalue weighted by Crippen LogP contribution is -2.77. The molecule has 2 bridgehead atoms. The molecule has 23 heteroatoms. The largest absolute Gasteiger partial charge is 0.464 e. The van der Waals surface area contributed by atoms with Crippen LogP contribution in [0.2, 0.25) is 0 Å². The molecule has 2 aromatic carbocycles. The average molecular weight is 1180 g/mol. The number of Topliss-reactive ketones (excluding diaryl/α,β-unsaturated/α-hetero) is 1. The van der Waals surface area contributed by atoms with Gasteiger partial charge >= 0.3 is 53.8 Å². The molecule has 4 aliphatic carbocycles. The fourth-order valence-electron chi connectivity index (χ4n) is 12.7. The number of fused-ring (bicyclic) bond motifs is 4. The predicted molar refractivity (Wildman–Crippen MR) is 290 cm³/mol. The normalized spacial score (nSPS) is 28.0. The fourth-order valence-corrected chi connectivity index (χ4v) is 12.7. The van der Waals surface area contributed by atoms with Crippen LogP contribution in [0.4, 0.5) is 4.79 Å². The SMILES string of the molecule is COCCOC(=O)C(C)(COC(=O)CCC(=O)O[C@@H](C(=O)O[C@H]1C[C@@]2(O)[C@@H](OC(=O)c3ccccc3)[C@@H]3[C@]4(OC(C)=O)CO[C@@H]4C[C@@H]4C[C@@]43C(=O)[C@H](C)C(=C1C)C2(C)C)[C@@H](NC(=O)OC(C)(C)C)c1ccccc1)COC(=O)C(C)OC(C)=O. The lowest BCUT2D eigenvalue weighted by atomic mass is 9.47. The first-order chi connectivity index (χ1) is 39.3. The Labute approximate surface area is 487 Å². The summed E-state index contributed by atoms with van der Waals surface area (Å²) in [5.74, 6) is -10.4. The number of methoxy groups -OCH3 is 1. The Morgan fingerprint density at radius 2 is 1.43 bits per heavy atom. The summed E-state index contributed by atoms with van der Waals surface area (Å²) in [7, 11) is 1.37. The van der Waals surface area contributed by atoms with Crippen LogP contribution in [0.25, 0.3) is 0 Å². The van der Waals surface area contributed by atoms with E-state index in [0.29, 0.717) is 24.0 Å². The van der Waals surface area contributed by atoms with E-state index in [1.54, 1.807) is 84.9 Å². The maximum absolute atomic E-state index is 15.6. The van der Waals surface area contributed by atoms with Crippen LogP contribution in [0.15, 0.2) is 71.8 Å². The van der Waals surface area contributed by atoms with E-state index in [-0.39, 0.29) is 42.6 Å². The zero-order chi connectivity index (χ0) is 61.9. The van der Waals surface area contributed by atoms with E-state index >= 15 is 9.59 Å². The number of benzene rings is 2. The van der Waals surface area contributed by atoms with Crippen molar-refractivity contribution in [2.45, 2.75) is 162 Å². The number of ketones is 1. The Hall–Kier alpha value is -7.24. The van der Waals surface area contributed by atoms with Crippen LogP contribution in [0.3, 0.4) is 0 Å². The summed E-state index contributed by atoms with van der Waals surface area (Å²) in [5.41, 5.74) is -8.23. The van der Waals surface area contributed by atoms with Crippen LogP contribution in [0.5, 0.6) is 0 Å². The Kier molecular flexibility index (Phi) is 19.3. The van der Waals surface area contributed by atoms with Gasteiger partial charge < -0.3 is 62.5 Å². The van der Waals surface area contributed by atoms with E-state index in [2.05, 4.69) is 5.32 Å². The van der Waals surface area contributed by atoms with E-state index in [1.165, 1.54) is 52.1 Å². The van der Waals surface area contributed by atoms with Crippen molar-refractivity contribution in [3.63, 3.8) is 0 Å². The molecular formula is C61H77NO22. The summed E-state index contributed by atoms with van der Waals surface area (Å²) in [6.45, 7) is 14.6. The lowest BCUT2D eigenvalue weighted by Gasteiger charge is -2.64. The lowest BCUT2D eigenvalue weighted by molar-refractivity contribution is -0.322. The van der Waals surface area contributed by atoms with Gasteiger partial charge in [0.25, 0.3) is 0 Å². The summed E-state index contributed by atoms with van der Waals surface area (Å²) in [6, 6.07) is 14.4. The number of amides is 1. The summed E-state index contributed by atoms with van der Waals surface area (Å²) in [4.78, 5) is 137. The summed E-state index contributed by atoms with van der Waals surface area (Å²) >= 11 is 0. The maximum Gasteiger partial charge on any atom is 0.408 e. The molecule has 23 nitrogen and oxygen atoms in total. The van der Waals surface area contributed by atoms with E-state index < -0.39 is 168 Å². The van der Waals surface area contributed by atoms with Crippen molar-refractivity contribution >= 4 is 59.6 Å². The molecule has 7 rings (SSSR count). The molecule has 1 amide bonds. The summed E-state index contributed by atoms with van der Waals surface area (Å²) < 4.78 is 62.6. The highest BCUT2D eigenvalue weighted by Gasteiger charge is 2.83. The van der Waals surface area contributed by atoms with Crippen molar-refractivity contribution in [2.75, 3.05) is 40.1 Å². The molecule has 13 atom stereocenters. The molecule has 2 aromatic rings. The van der Waals surface area contributed by atoms with Gasteiger partial charge in [0.2, 0.25) is 6.10 Å². The number of carbonyl (C=O) groups excluding carboxylic acids is 10. The molecule has 84 heavy (non-hydrogen) atoms. The minimum absolute atomic E-state index is 0.00278. The standard InChI is InChI=1S/C61H77NO22/c1-33-41(29-61(73)50(82-52(69)39-21-17-14-18-22-39)48-59(49(67)34(2)45(33)57(61,9)10)28-40(59)27-42-60(48,32-76-42)83-37(5)64)80-53(70)47(46(38-19-15-13-16-20-38)62-55(72)84-56(6,7)8)81-44(66)24-23-43(65)77-30-58(11,54(71)75-26-25-74-12)31-78-51(68)35(3)79-36(4)63/h13-22,34-35,40-42,46-48,50,73H,23-32H2,1-12H3,(H,62,72)/t34-,35?,40-,41+,42-,46+,47-,48+,50+,58?,59-,60+,61-/m1/s1. The van der Waals surface area contributed by atoms with Crippen molar-refractivity contribution in [1.82, 2.24) is 5.32 Å². The molecule has 3 saturated carbocycles. The van der Waals surface area contributed by atoms with E-state index in [9.17, 15) is 43.5 Å². The van der Waals surface area contributed by atoms with Crippen molar-refractivity contribution in [1.29, 1.82) is 0 Å². The van der Waals surface area contributed by atoms with Gasteiger partial charge in [-0.2, -0.15) is 0 Å². The second kappa shape index (κ2) is 25.1. The minimum atomic E-state index is -2.23. The van der Waals surface area contributed by atoms with Gasteiger partial charge in [-0.15, -0.1) is 0 Å². The number of alkyl carbamates (subject to hydrolysis) is 1. The highest BCUT2D eigenvalue weighted by atomic mass is 16.6. The van der Waals surface area contributed by atoms with Gasteiger partial charge in [-0.25, -0.2) is 19.2 Å². The number of ether oxygens (including phenoxy) is 11. The molecule has 0 radical (unpaired) electrons. The molecule has 1 heterocycles. The monoisotopic (exact) mass is 1180 g/mol. The second-order valence-corrected chi connectivity index (χ2v) is 24.2. The topological polar surface area (TPSA) is 304 Å². The highest BCUT2D eigenvalue weighted by Crippen LogP contribution is 2.75. The van der Waals surface area contributed by atoms with Gasteiger partial charge in [-0.1, -0.05) is 69.3 Å². The molecule has 2 N–H and O–H groups in total. The zero-order valence-corrected chi connectivity index (χ0v) is 49.6. The average Bonchev–Trinajstić information content (AvgIpc) is 1.41. The third-order valence-corrected chi connectivity index (χ3v) is 16.8. The fraction of sp³-hybridized carbons (Fsp3) is 0.607. The van der Waals surface area contributed by atoms with Crippen LogP contribution in [-0.4, -0.2) is 152 Å². The number of nitrogens with one attached hydrogen (secondary N) is 1. The van der Waals surface area contributed by atoms with Gasteiger partial charge in [0, 0.05) is 44.1 Å². The maximum atomic E-state index is 15.6.